The Morgan fingerprint density at radius 3 is 2.46 bits per heavy atom. The van der Waals surface area contributed by atoms with Gasteiger partial charge in [-0.3, -0.25) is 5.32 Å². The topological polar surface area (TPSA) is 115 Å². The summed E-state index contributed by atoms with van der Waals surface area (Å²) in [5, 5.41) is 5.33. The molecule has 3 N–H and O–H groups in total. The smallest absolute Gasteiger partial charge is 0.332 e. The van der Waals surface area contributed by atoms with Gasteiger partial charge in [0.1, 0.15) is 5.75 Å². The van der Waals surface area contributed by atoms with Gasteiger partial charge >= 0.3 is 12.0 Å². The van der Waals surface area contributed by atoms with Crippen LogP contribution in [-0.4, -0.2) is 49.3 Å². The molecule has 39 heavy (non-hydrogen) atoms. The molecule has 0 spiro atoms. The van der Waals surface area contributed by atoms with Gasteiger partial charge in [0.2, 0.25) is 5.95 Å². The van der Waals surface area contributed by atoms with Crippen molar-refractivity contribution in [1.82, 2.24) is 15.3 Å². The number of aromatic nitrogens is 2. The van der Waals surface area contributed by atoms with Crippen molar-refractivity contribution in [3.8, 4) is 5.75 Å². The number of hydrogen-bond donors (Lipinski definition) is 3. The lowest BCUT2D eigenvalue weighted by molar-refractivity contribution is -0.136. The van der Waals surface area contributed by atoms with Gasteiger partial charge in [-0.1, -0.05) is 56.9 Å². The summed E-state index contributed by atoms with van der Waals surface area (Å²) in [4.78, 5) is 30.5. The Morgan fingerprint density at radius 1 is 1.15 bits per heavy atom. The second-order valence-electron chi connectivity index (χ2n) is 7.39. The van der Waals surface area contributed by atoms with Crippen LogP contribution in [-0.2, 0) is 14.3 Å². The number of carbonyl (C=O) groups excluding carboxylic acids is 2. The summed E-state index contributed by atoms with van der Waals surface area (Å²) in [6.45, 7) is 13.8. The second kappa shape index (κ2) is 22.2. The summed E-state index contributed by atoms with van der Waals surface area (Å²) in [6, 6.07) is 5.21. The van der Waals surface area contributed by atoms with Crippen LogP contribution in [0.1, 0.15) is 41.0 Å². The van der Waals surface area contributed by atoms with Crippen molar-refractivity contribution in [2.75, 3.05) is 32.7 Å². The molecule has 2 aromatic rings. The van der Waals surface area contributed by atoms with Crippen LogP contribution in [0.15, 0.2) is 77.8 Å². The average Bonchev–Trinajstić information content (AvgIpc) is 3.16. The fourth-order valence-corrected chi connectivity index (χ4v) is 3.02. The zero-order valence-electron chi connectivity index (χ0n) is 24.0. The summed E-state index contributed by atoms with van der Waals surface area (Å²) < 4.78 is 14.9. The SMILES string of the molecule is C/C=C\C.C=C(C)C(=O)OC.CC.COCCNC(=O)Nc1nc2ccc(OSC3=CC=CC=CC3)cc2[nH]1. The summed E-state index contributed by atoms with van der Waals surface area (Å²) in [6.07, 6.45) is 15.0. The Hall–Kier alpha value is -3.76. The number of amides is 2. The van der Waals surface area contributed by atoms with Crippen molar-refractivity contribution in [3.05, 3.63) is 77.8 Å². The van der Waals surface area contributed by atoms with Crippen molar-refractivity contribution < 1.29 is 23.2 Å². The van der Waals surface area contributed by atoms with Crippen molar-refractivity contribution in [1.29, 1.82) is 0 Å². The molecule has 0 radical (unpaired) electrons. The number of H-pyrrole nitrogens is 1. The van der Waals surface area contributed by atoms with E-state index in [-0.39, 0.29) is 12.0 Å². The number of anilines is 1. The molecule has 1 aliphatic rings. The molecule has 214 valence electrons. The van der Waals surface area contributed by atoms with Crippen LogP contribution < -0.4 is 14.8 Å². The van der Waals surface area contributed by atoms with Crippen LogP contribution in [0.5, 0.6) is 5.75 Å². The number of nitrogens with zero attached hydrogens (tertiary/aromatic N) is 1. The van der Waals surface area contributed by atoms with Crippen LogP contribution >= 0.6 is 12.0 Å². The van der Waals surface area contributed by atoms with Crippen LogP contribution in [0.3, 0.4) is 0 Å². The van der Waals surface area contributed by atoms with Gasteiger partial charge in [-0.05, 0) is 45.4 Å². The first kappa shape index (κ1) is 35.2. The fraction of sp³-hybridized carbons (Fsp3) is 0.345. The number of imidazole rings is 1. The van der Waals surface area contributed by atoms with E-state index in [0.29, 0.717) is 30.4 Å². The third kappa shape index (κ3) is 15.9. The maximum Gasteiger partial charge on any atom is 0.332 e. The molecule has 0 saturated carbocycles. The summed E-state index contributed by atoms with van der Waals surface area (Å²) >= 11 is 1.33. The Morgan fingerprint density at radius 2 is 1.87 bits per heavy atom. The van der Waals surface area contributed by atoms with Gasteiger partial charge in [0.15, 0.2) is 0 Å². The molecule has 9 nitrogen and oxygen atoms in total. The Labute approximate surface area is 236 Å². The molecule has 3 rings (SSSR count). The lowest BCUT2D eigenvalue weighted by Gasteiger charge is -2.05. The zero-order valence-corrected chi connectivity index (χ0v) is 24.8. The maximum absolute atomic E-state index is 11.8. The van der Waals surface area contributed by atoms with Crippen LogP contribution in [0, 0.1) is 0 Å². The van der Waals surface area contributed by atoms with Gasteiger partial charge < -0.3 is 24.0 Å². The summed E-state index contributed by atoms with van der Waals surface area (Å²) in [5.74, 6) is 0.738. The molecule has 1 aromatic carbocycles. The van der Waals surface area contributed by atoms with Gasteiger partial charge in [0.25, 0.3) is 0 Å². The molecule has 0 saturated heterocycles. The van der Waals surface area contributed by atoms with E-state index >= 15 is 0 Å². The number of allylic oxidation sites excluding steroid dienone is 8. The average molecular weight is 559 g/mol. The lowest BCUT2D eigenvalue weighted by Crippen LogP contribution is -2.31. The number of carbonyl (C=O) groups is 2. The Balaban J connectivity index is 0.000000933. The van der Waals surface area contributed by atoms with E-state index in [2.05, 4.69) is 38.0 Å². The third-order valence-corrected chi connectivity index (χ3v) is 5.14. The quantitative estimate of drug-likeness (QED) is 0.104. The number of aromatic amines is 1. The first-order chi connectivity index (χ1) is 18.8. The Kier molecular flexibility index (Phi) is 20.1. The molecule has 0 bridgehead atoms. The number of rotatable bonds is 8. The normalized spacial score (nSPS) is 11.4. The number of esters is 1. The number of ether oxygens (including phenoxy) is 2. The molecule has 1 heterocycles. The van der Waals surface area contributed by atoms with E-state index in [1.165, 1.54) is 19.2 Å². The molecular formula is C29H42N4O5S. The Bertz CT molecular complexity index is 1130. The highest BCUT2D eigenvalue weighted by Gasteiger charge is 2.08. The number of urea groups is 1. The van der Waals surface area contributed by atoms with Crippen molar-refractivity contribution in [2.45, 2.75) is 41.0 Å². The van der Waals surface area contributed by atoms with E-state index in [4.69, 9.17) is 8.92 Å². The third-order valence-electron chi connectivity index (χ3n) is 4.35. The van der Waals surface area contributed by atoms with Gasteiger partial charge in [-0.2, -0.15) is 0 Å². The summed E-state index contributed by atoms with van der Waals surface area (Å²) in [7, 11) is 2.91. The standard InChI is InChI=1S/C18H20N4O3S.C5H8O2.C4H8.C2H6/c1-24-11-10-19-18(23)22-17-20-15-9-8-13(12-16(15)21-17)25-26-14-6-4-2-3-5-7-14;1-4(2)5(6)7-3;1-3-4-2;1-2/h2-6,8-9,12H,7,10-11H2,1H3,(H3,19,20,21,22,23);1H2,2-3H3;3-4H,1-2H3;1-2H3/b;;4-3-;. The number of benzene rings is 1. The van der Waals surface area contributed by atoms with E-state index in [9.17, 15) is 9.59 Å². The van der Waals surface area contributed by atoms with Crippen molar-refractivity contribution in [2.24, 2.45) is 0 Å². The zero-order chi connectivity index (χ0) is 29.5. The molecule has 0 fully saturated rings. The van der Waals surface area contributed by atoms with E-state index in [1.54, 1.807) is 14.0 Å². The van der Waals surface area contributed by atoms with Crippen molar-refractivity contribution >= 4 is 41.0 Å². The molecule has 10 heteroatoms. The fourth-order valence-electron chi connectivity index (χ4n) is 2.41. The van der Waals surface area contributed by atoms with Crippen LogP contribution in [0.4, 0.5) is 10.7 Å². The van der Waals surface area contributed by atoms with Gasteiger partial charge in [-0.15, -0.1) is 0 Å². The largest absolute Gasteiger partial charge is 0.466 e. The van der Waals surface area contributed by atoms with Crippen LogP contribution in [0.2, 0.25) is 0 Å². The highest BCUT2D eigenvalue weighted by atomic mass is 32.2. The molecular weight excluding hydrogens is 516 g/mol. The van der Waals surface area contributed by atoms with E-state index < -0.39 is 0 Å². The monoisotopic (exact) mass is 558 g/mol. The van der Waals surface area contributed by atoms with Gasteiger partial charge in [-0.25, -0.2) is 14.6 Å². The number of methoxy groups -OCH3 is 2. The lowest BCUT2D eigenvalue weighted by atomic mass is 10.3. The van der Waals surface area contributed by atoms with E-state index in [0.717, 1.165) is 22.4 Å². The molecule has 2 amide bonds. The molecule has 1 aromatic heterocycles. The first-order valence-corrected chi connectivity index (χ1v) is 13.3. The maximum atomic E-state index is 11.8. The molecule has 0 aliphatic heterocycles. The highest BCUT2D eigenvalue weighted by Crippen LogP contribution is 2.28. The number of nitrogens with one attached hydrogen (secondary N) is 3. The van der Waals surface area contributed by atoms with Gasteiger partial charge in [0, 0.05) is 30.2 Å². The highest BCUT2D eigenvalue weighted by molar-refractivity contribution is 7.98. The number of fused-ring (bicyclic) bond motifs is 1. The van der Waals surface area contributed by atoms with Crippen LogP contribution in [0.25, 0.3) is 11.0 Å². The van der Waals surface area contributed by atoms with Crippen molar-refractivity contribution in [3.63, 3.8) is 0 Å². The predicted molar refractivity (Wildman–Crippen MR) is 163 cm³/mol. The predicted octanol–water partition coefficient (Wildman–Crippen LogP) is 7.10. The second-order valence-corrected chi connectivity index (χ2v) is 8.25. The molecule has 0 unspecified atom stereocenters. The van der Waals surface area contributed by atoms with E-state index in [1.807, 2.05) is 82.4 Å². The summed E-state index contributed by atoms with van der Waals surface area (Å²) in [5.41, 5.74) is 1.96. The van der Waals surface area contributed by atoms with Gasteiger partial charge in [0.05, 0.1) is 36.8 Å². The molecule has 0 atom stereocenters. The minimum absolute atomic E-state index is 0.338. The minimum atomic E-state index is -0.347. The first-order valence-electron chi connectivity index (χ1n) is 12.6. The minimum Gasteiger partial charge on any atom is -0.466 e. The number of hydrogen-bond acceptors (Lipinski definition) is 7. The molecule has 1 aliphatic carbocycles.